The minimum atomic E-state index is 0.604. The number of rotatable bonds is 5. The van der Waals surface area contributed by atoms with E-state index in [9.17, 15) is 0 Å². The van der Waals surface area contributed by atoms with Crippen LogP contribution in [0.25, 0.3) is 16.3 Å². The molecule has 0 aliphatic rings. The molecule has 0 aliphatic carbocycles. The second kappa shape index (κ2) is 6.74. The van der Waals surface area contributed by atoms with Gasteiger partial charge in [-0.3, -0.25) is 0 Å². The largest absolute Gasteiger partial charge is 0.0781 e. The molecule has 0 aromatic heterocycles. The van der Waals surface area contributed by atoms with Crippen molar-refractivity contribution < 1.29 is 0 Å². The Balaban J connectivity index is 2.49. The third-order valence-corrected chi connectivity index (χ3v) is 3.77. The molecule has 0 fully saturated rings. The zero-order valence-corrected chi connectivity index (χ0v) is 13.2. The van der Waals surface area contributed by atoms with E-state index in [0.29, 0.717) is 5.92 Å². The van der Waals surface area contributed by atoms with E-state index in [0.717, 1.165) is 0 Å². The van der Waals surface area contributed by atoms with Crippen LogP contribution in [0.2, 0.25) is 0 Å². The van der Waals surface area contributed by atoms with E-state index < -0.39 is 0 Å². The summed E-state index contributed by atoms with van der Waals surface area (Å²) in [5.74, 6) is 0.604. The van der Waals surface area contributed by atoms with Crippen LogP contribution in [0.4, 0.5) is 0 Å². The van der Waals surface area contributed by atoms with Gasteiger partial charge in [-0.1, -0.05) is 63.6 Å². The Morgan fingerprint density at radius 2 is 1.75 bits per heavy atom. The van der Waals surface area contributed by atoms with Gasteiger partial charge in [0.05, 0.1) is 0 Å². The first-order chi connectivity index (χ1) is 9.61. The predicted molar refractivity (Wildman–Crippen MR) is 91.0 cm³/mol. The average Bonchev–Trinajstić information content (AvgIpc) is 2.42. The minimum absolute atomic E-state index is 0.604. The molecule has 0 heteroatoms. The van der Waals surface area contributed by atoms with E-state index in [1.807, 2.05) is 0 Å². The van der Waals surface area contributed by atoms with Crippen molar-refractivity contribution in [3.05, 3.63) is 53.6 Å². The van der Waals surface area contributed by atoms with Crippen molar-refractivity contribution in [2.75, 3.05) is 0 Å². The Kier molecular flexibility index (Phi) is 5.00. The summed E-state index contributed by atoms with van der Waals surface area (Å²) < 4.78 is 0. The fraction of sp³-hybridized carbons (Fsp3) is 0.400. The summed E-state index contributed by atoms with van der Waals surface area (Å²) in [6.45, 7) is 9.03. The van der Waals surface area contributed by atoms with E-state index in [2.05, 4.69) is 70.2 Å². The SMILES string of the molecule is CCCCC(=CC(C)C)c1cc2ccccc2cc1C. The molecule has 20 heavy (non-hydrogen) atoms. The highest BCUT2D eigenvalue weighted by Crippen LogP contribution is 2.29. The molecule has 0 atom stereocenters. The van der Waals surface area contributed by atoms with Gasteiger partial charge in [-0.2, -0.15) is 0 Å². The minimum Gasteiger partial charge on any atom is -0.0781 e. The zero-order chi connectivity index (χ0) is 14.5. The molecule has 2 rings (SSSR count). The number of aryl methyl sites for hydroxylation is 1. The maximum absolute atomic E-state index is 2.44. The zero-order valence-electron chi connectivity index (χ0n) is 13.2. The summed E-state index contributed by atoms with van der Waals surface area (Å²) in [5, 5.41) is 2.69. The molecule has 0 heterocycles. The topological polar surface area (TPSA) is 0 Å². The van der Waals surface area contributed by atoms with Crippen molar-refractivity contribution in [1.29, 1.82) is 0 Å². The second-order valence-electron chi connectivity index (χ2n) is 6.05. The smallest absolute Gasteiger partial charge is 0.0178 e. The van der Waals surface area contributed by atoms with Crippen LogP contribution in [0.15, 0.2) is 42.5 Å². The first-order valence-electron chi connectivity index (χ1n) is 7.82. The molecule has 0 saturated heterocycles. The van der Waals surface area contributed by atoms with Crippen molar-refractivity contribution in [2.24, 2.45) is 5.92 Å². The standard InChI is InChI=1S/C20H26/c1-5-6-9-19(12-15(2)3)20-14-18-11-8-7-10-17(18)13-16(20)4/h7-8,10-15H,5-6,9H2,1-4H3. The highest BCUT2D eigenvalue weighted by atomic mass is 14.1. The molecule has 0 amide bonds. The van der Waals surface area contributed by atoms with Crippen LogP contribution in [0.5, 0.6) is 0 Å². The lowest BCUT2D eigenvalue weighted by atomic mass is 9.91. The predicted octanol–water partition coefficient (Wildman–Crippen LogP) is 6.38. The quantitative estimate of drug-likeness (QED) is 0.589. The average molecular weight is 266 g/mol. The second-order valence-corrected chi connectivity index (χ2v) is 6.05. The molecule has 0 N–H and O–H groups in total. The molecule has 0 bridgehead atoms. The van der Waals surface area contributed by atoms with Gasteiger partial charge < -0.3 is 0 Å². The molecular formula is C20H26. The van der Waals surface area contributed by atoms with Crippen LogP contribution in [-0.4, -0.2) is 0 Å². The number of unbranched alkanes of at least 4 members (excludes halogenated alkanes) is 1. The van der Waals surface area contributed by atoms with Gasteiger partial charge in [0.15, 0.2) is 0 Å². The van der Waals surface area contributed by atoms with Gasteiger partial charge in [0.2, 0.25) is 0 Å². The molecule has 0 spiro atoms. The van der Waals surface area contributed by atoms with E-state index in [1.165, 1.54) is 46.7 Å². The molecule has 0 saturated carbocycles. The van der Waals surface area contributed by atoms with Crippen molar-refractivity contribution in [1.82, 2.24) is 0 Å². The Hall–Kier alpha value is -1.56. The lowest BCUT2D eigenvalue weighted by molar-refractivity contribution is 0.799. The summed E-state index contributed by atoms with van der Waals surface area (Å²) in [6.07, 6.45) is 6.15. The van der Waals surface area contributed by atoms with Crippen LogP contribution in [-0.2, 0) is 0 Å². The van der Waals surface area contributed by atoms with Crippen LogP contribution in [0.1, 0.15) is 51.2 Å². The van der Waals surface area contributed by atoms with Crippen LogP contribution < -0.4 is 0 Å². The van der Waals surface area contributed by atoms with Gasteiger partial charge in [-0.15, -0.1) is 0 Å². The molecular weight excluding hydrogens is 240 g/mol. The molecule has 106 valence electrons. The van der Waals surface area contributed by atoms with Crippen molar-refractivity contribution >= 4 is 16.3 Å². The van der Waals surface area contributed by atoms with Crippen LogP contribution in [0.3, 0.4) is 0 Å². The highest BCUT2D eigenvalue weighted by molar-refractivity contribution is 5.87. The van der Waals surface area contributed by atoms with Crippen LogP contribution in [0, 0.1) is 12.8 Å². The first kappa shape index (κ1) is 14.8. The lowest BCUT2D eigenvalue weighted by Crippen LogP contribution is -1.93. The molecule has 2 aromatic carbocycles. The van der Waals surface area contributed by atoms with E-state index in [1.54, 1.807) is 0 Å². The monoisotopic (exact) mass is 266 g/mol. The Bertz CT molecular complexity index is 602. The number of fused-ring (bicyclic) bond motifs is 1. The molecule has 2 aromatic rings. The fourth-order valence-electron chi connectivity index (χ4n) is 2.78. The van der Waals surface area contributed by atoms with Crippen LogP contribution >= 0.6 is 0 Å². The first-order valence-corrected chi connectivity index (χ1v) is 7.82. The van der Waals surface area contributed by atoms with Gasteiger partial charge in [-0.25, -0.2) is 0 Å². The summed E-state index contributed by atoms with van der Waals surface area (Å²) in [4.78, 5) is 0. The maximum atomic E-state index is 2.44. The maximum Gasteiger partial charge on any atom is -0.0178 e. The normalized spacial score (nSPS) is 12.3. The highest BCUT2D eigenvalue weighted by Gasteiger charge is 2.07. The summed E-state index contributed by atoms with van der Waals surface area (Å²) >= 11 is 0. The van der Waals surface area contributed by atoms with Crippen molar-refractivity contribution in [2.45, 2.75) is 47.0 Å². The van der Waals surface area contributed by atoms with Gasteiger partial charge in [0.1, 0.15) is 0 Å². The summed E-state index contributed by atoms with van der Waals surface area (Å²) in [6, 6.07) is 13.3. The number of allylic oxidation sites excluding steroid dienone is 2. The Morgan fingerprint density at radius 1 is 1.10 bits per heavy atom. The van der Waals surface area contributed by atoms with Crippen molar-refractivity contribution in [3.63, 3.8) is 0 Å². The number of hydrogen-bond donors (Lipinski definition) is 0. The molecule has 0 unspecified atom stereocenters. The molecule has 0 aliphatic heterocycles. The third-order valence-electron chi connectivity index (χ3n) is 3.77. The van der Waals surface area contributed by atoms with E-state index >= 15 is 0 Å². The number of hydrogen-bond acceptors (Lipinski definition) is 0. The van der Waals surface area contributed by atoms with E-state index in [-0.39, 0.29) is 0 Å². The third kappa shape index (κ3) is 3.50. The summed E-state index contributed by atoms with van der Waals surface area (Å²) in [7, 11) is 0. The lowest BCUT2D eigenvalue weighted by Gasteiger charge is -2.14. The van der Waals surface area contributed by atoms with Gasteiger partial charge in [-0.05, 0) is 59.2 Å². The Morgan fingerprint density at radius 3 is 2.35 bits per heavy atom. The molecule has 0 radical (unpaired) electrons. The van der Waals surface area contributed by atoms with Gasteiger partial charge >= 0.3 is 0 Å². The molecule has 0 nitrogen and oxygen atoms in total. The Labute approximate surface area is 123 Å². The fourth-order valence-corrected chi connectivity index (χ4v) is 2.78. The van der Waals surface area contributed by atoms with E-state index in [4.69, 9.17) is 0 Å². The van der Waals surface area contributed by atoms with Gasteiger partial charge in [0, 0.05) is 0 Å². The van der Waals surface area contributed by atoms with Crippen molar-refractivity contribution in [3.8, 4) is 0 Å². The van der Waals surface area contributed by atoms with Gasteiger partial charge in [0.25, 0.3) is 0 Å². The number of benzene rings is 2. The summed E-state index contributed by atoms with van der Waals surface area (Å²) in [5.41, 5.74) is 4.35.